The van der Waals surface area contributed by atoms with Crippen LogP contribution in [0.15, 0.2) is 18.2 Å². The summed E-state index contributed by atoms with van der Waals surface area (Å²) in [5, 5.41) is 6.12. The summed E-state index contributed by atoms with van der Waals surface area (Å²) in [5.74, 6) is -3.48. The molecule has 0 saturated heterocycles. The van der Waals surface area contributed by atoms with Gasteiger partial charge in [0.15, 0.2) is 22.6 Å². The molecule has 9 heteroatoms. The Labute approximate surface area is 134 Å². The second-order valence-corrected chi connectivity index (χ2v) is 5.32. The number of hydrogen-bond acceptors (Lipinski definition) is 6. The predicted molar refractivity (Wildman–Crippen MR) is 79.2 cm³/mol. The molecule has 1 heterocycles. The summed E-state index contributed by atoms with van der Waals surface area (Å²) >= 11 is 0.885. The molecule has 23 heavy (non-hydrogen) atoms. The van der Waals surface area contributed by atoms with Gasteiger partial charge in [0.25, 0.3) is 5.91 Å². The maximum Gasteiger partial charge on any atom is 0.352 e. The van der Waals surface area contributed by atoms with Crippen molar-refractivity contribution in [3.8, 4) is 0 Å². The van der Waals surface area contributed by atoms with Crippen LogP contribution in [-0.2, 0) is 16.0 Å². The summed E-state index contributed by atoms with van der Waals surface area (Å²) < 4.78 is 34.6. The third-order valence-corrected chi connectivity index (χ3v) is 3.66. The van der Waals surface area contributed by atoms with E-state index >= 15 is 0 Å². The number of hydrogen-bond donors (Lipinski definition) is 1. The Kier molecular flexibility index (Phi) is 5.32. The van der Waals surface area contributed by atoms with E-state index in [1.807, 2.05) is 6.92 Å². The number of anilines is 1. The number of amides is 1. The molecule has 1 N–H and O–H groups in total. The van der Waals surface area contributed by atoms with Crippen molar-refractivity contribution in [2.45, 2.75) is 26.4 Å². The number of aromatic nitrogens is 2. The molecule has 1 amide bonds. The van der Waals surface area contributed by atoms with E-state index in [2.05, 4.69) is 14.9 Å². The first kappa shape index (κ1) is 16.9. The number of rotatable bonds is 5. The summed E-state index contributed by atoms with van der Waals surface area (Å²) in [6.07, 6.45) is -0.612. The Bertz CT molecular complexity index is 736. The molecule has 2 aromatic rings. The second kappa shape index (κ2) is 7.23. The molecule has 0 aliphatic rings. The lowest BCUT2D eigenvalue weighted by atomic mass is 10.2. The normalized spacial score (nSPS) is 11.8. The van der Waals surface area contributed by atoms with Gasteiger partial charge in [0.1, 0.15) is 0 Å². The van der Waals surface area contributed by atoms with Crippen LogP contribution in [-0.4, -0.2) is 27.6 Å². The van der Waals surface area contributed by atoms with Crippen LogP contribution in [0.2, 0.25) is 0 Å². The van der Waals surface area contributed by atoms with Crippen molar-refractivity contribution < 1.29 is 23.1 Å². The van der Waals surface area contributed by atoms with Gasteiger partial charge in [-0.15, -0.1) is 5.10 Å². The Balaban J connectivity index is 1.99. The van der Waals surface area contributed by atoms with Crippen molar-refractivity contribution in [3.05, 3.63) is 40.4 Å². The van der Waals surface area contributed by atoms with Crippen molar-refractivity contribution in [2.24, 2.45) is 0 Å². The van der Waals surface area contributed by atoms with Gasteiger partial charge in [0, 0.05) is 11.8 Å². The molecule has 0 spiro atoms. The Morgan fingerprint density at radius 1 is 1.35 bits per heavy atom. The number of benzene rings is 1. The molecule has 1 unspecified atom stereocenters. The summed E-state index contributed by atoms with van der Waals surface area (Å²) in [6, 6.07) is 2.93. The summed E-state index contributed by atoms with van der Waals surface area (Å²) in [5.41, 5.74) is 0.554. The number of ether oxygens (including phenoxy) is 1. The minimum atomic E-state index is -1.12. The smallest absolute Gasteiger partial charge is 0.352 e. The van der Waals surface area contributed by atoms with Gasteiger partial charge in [-0.05, 0) is 37.0 Å². The van der Waals surface area contributed by atoms with Gasteiger partial charge in [0.2, 0.25) is 0 Å². The minimum Gasteiger partial charge on any atom is -0.448 e. The van der Waals surface area contributed by atoms with Gasteiger partial charge in [-0.25, -0.2) is 13.6 Å². The van der Waals surface area contributed by atoms with Gasteiger partial charge >= 0.3 is 5.97 Å². The van der Waals surface area contributed by atoms with Gasteiger partial charge in [0.05, 0.1) is 5.69 Å². The highest BCUT2D eigenvalue weighted by Crippen LogP contribution is 2.16. The molecular formula is C14H13F2N3O3S. The fraction of sp³-hybridized carbons (Fsp3) is 0.286. The summed E-state index contributed by atoms with van der Waals surface area (Å²) in [7, 11) is 0. The molecule has 0 aliphatic heterocycles. The topological polar surface area (TPSA) is 81.2 Å². The fourth-order valence-corrected chi connectivity index (χ4v) is 2.31. The highest BCUT2D eigenvalue weighted by Gasteiger charge is 2.23. The summed E-state index contributed by atoms with van der Waals surface area (Å²) in [4.78, 5) is 24.1. The third kappa shape index (κ3) is 4.07. The number of esters is 1. The first-order valence-electron chi connectivity index (χ1n) is 6.70. The van der Waals surface area contributed by atoms with Crippen LogP contribution >= 0.6 is 11.5 Å². The van der Waals surface area contributed by atoms with Crippen molar-refractivity contribution in [1.29, 1.82) is 0 Å². The van der Waals surface area contributed by atoms with Crippen LogP contribution in [0, 0.1) is 11.6 Å². The number of carbonyl (C=O) groups excluding carboxylic acids is 2. The average molecular weight is 341 g/mol. The molecule has 0 saturated carbocycles. The minimum absolute atomic E-state index is 0.0607. The predicted octanol–water partition coefficient (Wildman–Crippen LogP) is 2.56. The number of aryl methyl sites for hydroxylation is 1. The van der Waals surface area contributed by atoms with Crippen LogP contribution < -0.4 is 5.32 Å². The van der Waals surface area contributed by atoms with Crippen LogP contribution in [0.3, 0.4) is 0 Å². The molecule has 6 nitrogen and oxygen atoms in total. The number of nitrogens with zero attached hydrogens (tertiary/aromatic N) is 2. The number of nitrogens with one attached hydrogen (secondary N) is 1. The Morgan fingerprint density at radius 3 is 2.74 bits per heavy atom. The lowest BCUT2D eigenvalue weighted by Crippen LogP contribution is -2.30. The van der Waals surface area contributed by atoms with E-state index in [0.717, 1.165) is 23.7 Å². The first-order valence-corrected chi connectivity index (χ1v) is 7.47. The van der Waals surface area contributed by atoms with E-state index in [0.29, 0.717) is 12.1 Å². The Hall–Kier alpha value is -2.42. The average Bonchev–Trinajstić information content (AvgIpc) is 2.99. The van der Waals surface area contributed by atoms with Crippen molar-refractivity contribution in [3.63, 3.8) is 0 Å². The SMILES string of the molecule is CCc1nnsc1C(=O)OC(C)C(=O)Nc1ccc(F)c(F)c1. The van der Waals surface area contributed by atoms with E-state index in [-0.39, 0.29) is 10.6 Å². The molecule has 2 rings (SSSR count). The maximum atomic E-state index is 13.1. The largest absolute Gasteiger partial charge is 0.448 e. The lowest BCUT2D eigenvalue weighted by molar-refractivity contribution is -0.123. The quantitative estimate of drug-likeness (QED) is 0.845. The maximum absolute atomic E-state index is 13.1. The molecule has 0 fully saturated rings. The first-order chi connectivity index (χ1) is 10.9. The van der Waals surface area contributed by atoms with E-state index in [4.69, 9.17) is 4.74 Å². The molecule has 0 bridgehead atoms. The van der Waals surface area contributed by atoms with E-state index in [9.17, 15) is 18.4 Å². The highest BCUT2D eigenvalue weighted by atomic mass is 32.1. The lowest BCUT2D eigenvalue weighted by Gasteiger charge is -2.13. The van der Waals surface area contributed by atoms with E-state index in [1.54, 1.807) is 0 Å². The van der Waals surface area contributed by atoms with Crippen molar-refractivity contribution >= 4 is 29.1 Å². The monoisotopic (exact) mass is 341 g/mol. The molecular weight excluding hydrogens is 328 g/mol. The van der Waals surface area contributed by atoms with Crippen molar-refractivity contribution in [1.82, 2.24) is 9.59 Å². The van der Waals surface area contributed by atoms with Gasteiger partial charge in [-0.3, -0.25) is 4.79 Å². The van der Waals surface area contributed by atoms with Gasteiger partial charge in [-0.1, -0.05) is 11.4 Å². The van der Waals surface area contributed by atoms with Crippen LogP contribution in [0.4, 0.5) is 14.5 Å². The molecule has 0 radical (unpaired) electrons. The Morgan fingerprint density at radius 2 is 2.09 bits per heavy atom. The van der Waals surface area contributed by atoms with E-state index in [1.165, 1.54) is 13.0 Å². The zero-order chi connectivity index (χ0) is 17.0. The molecule has 122 valence electrons. The summed E-state index contributed by atoms with van der Waals surface area (Å²) in [6.45, 7) is 3.18. The zero-order valence-corrected chi connectivity index (χ0v) is 13.1. The number of carbonyl (C=O) groups is 2. The number of halogens is 2. The molecule has 1 aromatic carbocycles. The molecule has 1 atom stereocenters. The zero-order valence-electron chi connectivity index (χ0n) is 12.3. The van der Waals surface area contributed by atoms with Crippen LogP contribution in [0.25, 0.3) is 0 Å². The van der Waals surface area contributed by atoms with Crippen LogP contribution in [0.1, 0.15) is 29.2 Å². The fourth-order valence-electron chi connectivity index (χ4n) is 1.68. The standard InChI is InChI=1S/C14H13F2N3O3S/c1-3-11-12(23-19-18-11)14(21)22-7(2)13(20)17-8-4-5-9(15)10(16)6-8/h4-7H,3H2,1-2H3,(H,17,20). The second-order valence-electron chi connectivity index (χ2n) is 4.57. The molecule has 1 aromatic heterocycles. The highest BCUT2D eigenvalue weighted by molar-refractivity contribution is 7.07. The van der Waals surface area contributed by atoms with Crippen molar-refractivity contribution in [2.75, 3.05) is 5.32 Å². The van der Waals surface area contributed by atoms with Crippen LogP contribution in [0.5, 0.6) is 0 Å². The van der Waals surface area contributed by atoms with E-state index < -0.39 is 29.6 Å². The molecule has 0 aliphatic carbocycles. The van der Waals surface area contributed by atoms with Gasteiger partial charge < -0.3 is 10.1 Å². The van der Waals surface area contributed by atoms with Gasteiger partial charge in [-0.2, -0.15) is 0 Å². The third-order valence-electron chi connectivity index (χ3n) is 2.92.